The van der Waals surface area contributed by atoms with Gasteiger partial charge in [-0.25, -0.2) is 23.2 Å². The summed E-state index contributed by atoms with van der Waals surface area (Å²) in [6.07, 6.45) is 0.685. The Morgan fingerprint density at radius 3 is 2.50 bits per heavy atom. The zero-order chi connectivity index (χ0) is 25.3. The first-order valence-electron chi connectivity index (χ1n) is 12.0. The molecule has 2 heterocycles. The van der Waals surface area contributed by atoms with Crippen LogP contribution in [-0.4, -0.2) is 55.4 Å². The number of carboxylic acid groups (broad SMARTS) is 1. The maximum Gasteiger partial charge on any atom is 0.409 e. The van der Waals surface area contributed by atoms with Gasteiger partial charge in [0.05, 0.1) is 29.8 Å². The third-order valence-electron chi connectivity index (χ3n) is 6.84. The summed E-state index contributed by atoms with van der Waals surface area (Å²) in [5, 5.41) is 11.3. The van der Waals surface area contributed by atoms with Crippen molar-refractivity contribution in [1.29, 1.82) is 0 Å². The fourth-order valence-electron chi connectivity index (χ4n) is 4.67. The van der Waals surface area contributed by atoms with Crippen LogP contribution in [0.15, 0.2) is 65.6 Å². The lowest BCUT2D eigenvalue weighted by Crippen LogP contribution is -2.45. The molecule has 1 amide bonds. The Hall–Kier alpha value is -3.50. The molecule has 2 aromatic carbocycles. The molecule has 1 atom stereocenters. The monoisotopic (exact) mass is 508 g/mol. The second-order valence-electron chi connectivity index (χ2n) is 9.08. The summed E-state index contributed by atoms with van der Waals surface area (Å²) in [6.45, 7) is 3.88. The van der Waals surface area contributed by atoms with Gasteiger partial charge in [-0.1, -0.05) is 25.1 Å². The van der Waals surface area contributed by atoms with Gasteiger partial charge in [0.15, 0.2) is 15.7 Å². The molecule has 1 aliphatic heterocycles. The van der Waals surface area contributed by atoms with Crippen molar-refractivity contribution in [2.75, 3.05) is 30.0 Å². The van der Waals surface area contributed by atoms with Crippen LogP contribution in [0.5, 0.6) is 0 Å². The molecule has 2 aliphatic rings. The lowest BCUT2D eigenvalue weighted by Gasteiger charge is -2.36. The van der Waals surface area contributed by atoms with E-state index in [1.54, 1.807) is 54.6 Å². The first-order valence-corrected chi connectivity index (χ1v) is 13.5. The molecule has 3 aromatic rings. The molecule has 1 saturated heterocycles. The van der Waals surface area contributed by atoms with E-state index in [9.17, 15) is 13.2 Å². The fraction of sp³-hybridized carbons (Fsp3) is 0.346. The van der Waals surface area contributed by atoms with Gasteiger partial charge in [-0.05, 0) is 55.7 Å². The SMILES string of the molecule is CC[C@H]1COCCN1c1cc(C2(S(=O)(=O)c3ccccc3)CC2)nc(-c2ccc(NC(=O)O)cc2)n1. The molecule has 36 heavy (non-hydrogen) atoms. The Kier molecular flexibility index (Phi) is 6.40. The molecule has 9 nitrogen and oxygen atoms in total. The second kappa shape index (κ2) is 9.51. The Balaban J connectivity index is 1.62. The van der Waals surface area contributed by atoms with Crippen LogP contribution < -0.4 is 10.2 Å². The third kappa shape index (κ3) is 4.42. The number of hydrogen-bond donors (Lipinski definition) is 2. The van der Waals surface area contributed by atoms with Crippen molar-refractivity contribution >= 4 is 27.4 Å². The molecule has 2 N–H and O–H groups in total. The zero-order valence-electron chi connectivity index (χ0n) is 19.9. The van der Waals surface area contributed by atoms with Crippen LogP contribution in [0, 0.1) is 0 Å². The van der Waals surface area contributed by atoms with Gasteiger partial charge in [0.25, 0.3) is 0 Å². The van der Waals surface area contributed by atoms with Crippen molar-refractivity contribution in [3.8, 4) is 11.4 Å². The first-order chi connectivity index (χ1) is 17.3. The summed E-state index contributed by atoms with van der Waals surface area (Å²) in [7, 11) is -3.67. The number of aromatic nitrogens is 2. The number of carbonyl (C=O) groups is 1. The van der Waals surface area contributed by atoms with Crippen molar-refractivity contribution in [2.45, 2.75) is 41.9 Å². The summed E-state index contributed by atoms with van der Waals surface area (Å²) in [5.74, 6) is 1.08. The quantitative estimate of drug-likeness (QED) is 0.484. The van der Waals surface area contributed by atoms with Crippen molar-refractivity contribution in [3.63, 3.8) is 0 Å². The van der Waals surface area contributed by atoms with E-state index < -0.39 is 20.7 Å². The van der Waals surface area contributed by atoms with E-state index in [4.69, 9.17) is 19.8 Å². The van der Waals surface area contributed by atoms with Crippen molar-refractivity contribution in [2.24, 2.45) is 0 Å². The van der Waals surface area contributed by atoms with Crippen molar-refractivity contribution in [3.05, 3.63) is 66.4 Å². The molecule has 1 aliphatic carbocycles. The highest BCUT2D eigenvalue weighted by Crippen LogP contribution is 2.55. The van der Waals surface area contributed by atoms with Gasteiger partial charge in [0, 0.05) is 23.9 Å². The molecule has 0 radical (unpaired) electrons. The summed E-state index contributed by atoms with van der Waals surface area (Å²) in [5.41, 5.74) is 1.58. The Morgan fingerprint density at radius 2 is 1.86 bits per heavy atom. The number of hydrogen-bond acceptors (Lipinski definition) is 7. The maximum absolute atomic E-state index is 13.8. The summed E-state index contributed by atoms with van der Waals surface area (Å²) in [4.78, 5) is 23.0. The molecule has 5 rings (SSSR count). The van der Waals surface area contributed by atoms with Gasteiger partial charge in [0.2, 0.25) is 0 Å². The summed E-state index contributed by atoms with van der Waals surface area (Å²) < 4.78 is 32.1. The van der Waals surface area contributed by atoms with E-state index >= 15 is 0 Å². The van der Waals surface area contributed by atoms with E-state index in [2.05, 4.69) is 17.1 Å². The molecular weight excluding hydrogens is 480 g/mol. The smallest absolute Gasteiger partial charge is 0.409 e. The van der Waals surface area contributed by atoms with Crippen molar-refractivity contribution in [1.82, 2.24) is 9.97 Å². The molecule has 0 unspecified atom stereocenters. The fourth-order valence-corrected chi connectivity index (χ4v) is 6.65. The topological polar surface area (TPSA) is 122 Å². The van der Waals surface area contributed by atoms with Crippen LogP contribution >= 0.6 is 0 Å². The Bertz CT molecular complexity index is 1360. The lowest BCUT2D eigenvalue weighted by molar-refractivity contribution is 0.0925. The average molecular weight is 509 g/mol. The van der Waals surface area contributed by atoms with Crippen molar-refractivity contribution < 1.29 is 23.1 Å². The lowest BCUT2D eigenvalue weighted by atomic mass is 10.1. The highest BCUT2D eigenvalue weighted by atomic mass is 32.2. The number of amides is 1. The molecule has 1 saturated carbocycles. The van der Waals surface area contributed by atoms with E-state index in [1.807, 2.05) is 6.07 Å². The molecule has 1 aromatic heterocycles. The molecule has 0 spiro atoms. The third-order valence-corrected chi connectivity index (χ3v) is 9.38. The van der Waals surface area contributed by atoms with Gasteiger partial charge < -0.3 is 14.7 Å². The summed E-state index contributed by atoms with van der Waals surface area (Å²) >= 11 is 0. The van der Waals surface area contributed by atoms with Crippen LogP contribution in [0.2, 0.25) is 0 Å². The van der Waals surface area contributed by atoms with Gasteiger partial charge in [-0.15, -0.1) is 0 Å². The number of anilines is 2. The maximum atomic E-state index is 13.8. The minimum absolute atomic E-state index is 0.123. The number of nitrogens with one attached hydrogen (secondary N) is 1. The van der Waals surface area contributed by atoms with E-state index in [-0.39, 0.29) is 10.9 Å². The van der Waals surface area contributed by atoms with Crippen LogP contribution in [0.3, 0.4) is 0 Å². The molecule has 10 heteroatoms. The van der Waals surface area contributed by atoms with E-state index in [0.29, 0.717) is 61.2 Å². The van der Waals surface area contributed by atoms with Crippen LogP contribution in [-0.2, 0) is 19.3 Å². The van der Waals surface area contributed by atoms with E-state index in [0.717, 1.165) is 6.42 Å². The van der Waals surface area contributed by atoms with Crippen LogP contribution in [0.25, 0.3) is 11.4 Å². The van der Waals surface area contributed by atoms with Crippen LogP contribution in [0.4, 0.5) is 16.3 Å². The predicted octanol–water partition coefficient (Wildman–Crippen LogP) is 4.31. The average Bonchev–Trinajstić information content (AvgIpc) is 3.72. The Morgan fingerprint density at radius 1 is 1.14 bits per heavy atom. The number of nitrogens with zero attached hydrogens (tertiary/aromatic N) is 3. The molecule has 188 valence electrons. The normalized spacial score (nSPS) is 19.0. The largest absolute Gasteiger partial charge is 0.465 e. The van der Waals surface area contributed by atoms with E-state index in [1.165, 1.54) is 0 Å². The minimum Gasteiger partial charge on any atom is -0.465 e. The number of rotatable bonds is 7. The number of morpholine rings is 1. The van der Waals surface area contributed by atoms with Gasteiger partial charge >= 0.3 is 6.09 Å². The van der Waals surface area contributed by atoms with Crippen LogP contribution in [0.1, 0.15) is 31.9 Å². The molecular formula is C26H28N4O5S. The molecule has 0 bridgehead atoms. The zero-order valence-corrected chi connectivity index (χ0v) is 20.7. The highest BCUT2D eigenvalue weighted by molar-refractivity contribution is 7.92. The molecule has 2 fully saturated rings. The van der Waals surface area contributed by atoms with Gasteiger partial charge in [0.1, 0.15) is 10.6 Å². The number of ether oxygens (including phenoxy) is 1. The number of benzene rings is 2. The first kappa shape index (κ1) is 24.2. The highest BCUT2D eigenvalue weighted by Gasteiger charge is 2.58. The minimum atomic E-state index is -3.67. The standard InChI is InChI=1S/C26H28N4O5S/c1-2-20-17-35-15-14-30(20)23-16-22(26(12-13-26)36(33,34)21-6-4-3-5-7-21)28-24(29-23)18-8-10-19(11-9-18)27-25(31)32/h3-11,16,20,27H,2,12-15,17H2,1H3,(H,31,32)/t20-/m0/s1. The Labute approximate surface area is 210 Å². The predicted molar refractivity (Wildman–Crippen MR) is 136 cm³/mol. The van der Waals surface area contributed by atoms with Gasteiger partial charge in [-0.3, -0.25) is 5.32 Å². The number of sulfone groups is 1. The van der Waals surface area contributed by atoms with Gasteiger partial charge in [-0.2, -0.15) is 0 Å². The second-order valence-corrected chi connectivity index (χ2v) is 11.3. The summed E-state index contributed by atoms with van der Waals surface area (Å²) in [6, 6.07) is 17.2.